The first-order chi connectivity index (χ1) is 5.77. The highest BCUT2D eigenvalue weighted by molar-refractivity contribution is 5.94. The molecular weight excluding hydrogens is 156 g/mol. The summed E-state index contributed by atoms with van der Waals surface area (Å²) < 4.78 is 0. The molecule has 0 atom stereocenters. The van der Waals surface area contributed by atoms with Gasteiger partial charge in [-0.3, -0.25) is 4.79 Å². The Morgan fingerprint density at radius 2 is 2.33 bits per heavy atom. The van der Waals surface area contributed by atoms with E-state index in [2.05, 4.69) is 15.0 Å². The predicted molar refractivity (Wildman–Crippen MR) is 42.4 cm³/mol. The van der Waals surface area contributed by atoms with E-state index in [1.54, 1.807) is 6.07 Å². The first-order valence-electron chi connectivity index (χ1n) is 3.36. The SMILES string of the molecule is NC(=O)c1cnc2nc[nH]c2c1. The Balaban J connectivity index is 2.68. The Hall–Kier alpha value is -1.91. The summed E-state index contributed by atoms with van der Waals surface area (Å²) in [6.45, 7) is 0. The molecule has 12 heavy (non-hydrogen) atoms. The van der Waals surface area contributed by atoms with E-state index >= 15 is 0 Å². The van der Waals surface area contributed by atoms with Gasteiger partial charge < -0.3 is 10.7 Å². The van der Waals surface area contributed by atoms with Gasteiger partial charge in [-0.15, -0.1) is 0 Å². The van der Waals surface area contributed by atoms with Crippen LogP contribution in [0.1, 0.15) is 10.4 Å². The van der Waals surface area contributed by atoms with Gasteiger partial charge in [0.15, 0.2) is 5.65 Å². The number of fused-ring (bicyclic) bond motifs is 1. The molecule has 0 aliphatic carbocycles. The minimum atomic E-state index is -0.487. The van der Waals surface area contributed by atoms with Crippen molar-refractivity contribution < 1.29 is 4.79 Å². The normalized spacial score (nSPS) is 10.3. The van der Waals surface area contributed by atoms with Crippen molar-refractivity contribution in [1.82, 2.24) is 15.0 Å². The monoisotopic (exact) mass is 162 g/mol. The van der Waals surface area contributed by atoms with Gasteiger partial charge in [-0.25, -0.2) is 9.97 Å². The molecule has 5 nitrogen and oxygen atoms in total. The van der Waals surface area contributed by atoms with Crippen molar-refractivity contribution in [2.45, 2.75) is 0 Å². The summed E-state index contributed by atoms with van der Waals surface area (Å²) in [4.78, 5) is 21.4. The van der Waals surface area contributed by atoms with Gasteiger partial charge in [-0.05, 0) is 6.07 Å². The maximum Gasteiger partial charge on any atom is 0.250 e. The molecule has 0 aromatic carbocycles. The highest BCUT2D eigenvalue weighted by Crippen LogP contribution is 2.06. The van der Waals surface area contributed by atoms with E-state index in [0.717, 1.165) is 0 Å². The number of amides is 1. The largest absolute Gasteiger partial charge is 0.366 e. The lowest BCUT2D eigenvalue weighted by atomic mass is 10.2. The van der Waals surface area contributed by atoms with E-state index in [1.807, 2.05) is 0 Å². The van der Waals surface area contributed by atoms with E-state index in [4.69, 9.17) is 5.73 Å². The van der Waals surface area contributed by atoms with Crippen LogP contribution >= 0.6 is 0 Å². The third-order valence-electron chi connectivity index (χ3n) is 1.56. The van der Waals surface area contributed by atoms with Gasteiger partial charge in [-0.2, -0.15) is 0 Å². The van der Waals surface area contributed by atoms with E-state index in [9.17, 15) is 4.79 Å². The molecule has 1 amide bonds. The van der Waals surface area contributed by atoms with Gasteiger partial charge in [0.25, 0.3) is 0 Å². The molecule has 0 fully saturated rings. The molecule has 0 unspecified atom stereocenters. The quantitative estimate of drug-likeness (QED) is 0.621. The number of nitrogens with zero attached hydrogens (tertiary/aromatic N) is 2. The van der Waals surface area contributed by atoms with Crippen molar-refractivity contribution in [2.24, 2.45) is 5.73 Å². The summed E-state index contributed by atoms with van der Waals surface area (Å²) in [6.07, 6.45) is 2.92. The van der Waals surface area contributed by atoms with Crippen molar-refractivity contribution >= 4 is 17.1 Å². The Bertz CT molecular complexity index is 434. The van der Waals surface area contributed by atoms with Crippen LogP contribution in [0.5, 0.6) is 0 Å². The van der Waals surface area contributed by atoms with E-state index in [0.29, 0.717) is 16.7 Å². The molecular formula is C7H6N4O. The molecule has 2 aromatic heterocycles. The van der Waals surface area contributed by atoms with E-state index < -0.39 is 5.91 Å². The number of aromatic amines is 1. The van der Waals surface area contributed by atoms with Crippen LogP contribution in [-0.2, 0) is 0 Å². The molecule has 2 heterocycles. The van der Waals surface area contributed by atoms with E-state index in [1.165, 1.54) is 12.5 Å². The van der Waals surface area contributed by atoms with Crippen LogP contribution in [-0.4, -0.2) is 20.9 Å². The molecule has 0 saturated heterocycles. The van der Waals surface area contributed by atoms with Gasteiger partial charge in [-0.1, -0.05) is 0 Å². The van der Waals surface area contributed by atoms with Crippen LogP contribution in [0.25, 0.3) is 11.2 Å². The average molecular weight is 162 g/mol. The molecule has 0 aliphatic heterocycles. The second kappa shape index (κ2) is 2.30. The Labute approximate surface area is 67.6 Å². The molecule has 2 aromatic rings. The lowest BCUT2D eigenvalue weighted by Crippen LogP contribution is -2.10. The van der Waals surface area contributed by atoms with Gasteiger partial charge in [0.2, 0.25) is 5.91 Å². The number of pyridine rings is 1. The Morgan fingerprint density at radius 3 is 3.08 bits per heavy atom. The minimum absolute atomic E-state index is 0.381. The summed E-state index contributed by atoms with van der Waals surface area (Å²) in [6, 6.07) is 1.62. The standard InChI is InChI=1S/C7H6N4O/c8-6(12)4-1-5-7(9-2-4)11-3-10-5/h1-3H,(H2,8,12)(H,9,10,11). The summed E-state index contributed by atoms with van der Waals surface area (Å²) in [5.74, 6) is -0.487. The second-order valence-corrected chi connectivity index (χ2v) is 2.36. The lowest BCUT2D eigenvalue weighted by Gasteiger charge is -1.92. The number of hydrogen-bond acceptors (Lipinski definition) is 3. The van der Waals surface area contributed by atoms with Crippen LogP contribution in [0.3, 0.4) is 0 Å². The van der Waals surface area contributed by atoms with Crippen LogP contribution in [0, 0.1) is 0 Å². The predicted octanol–water partition coefficient (Wildman–Crippen LogP) is 0.0568. The zero-order valence-electron chi connectivity index (χ0n) is 6.11. The first kappa shape index (κ1) is 6.78. The maximum absolute atomic E-state index is 10.7. The number of hydrogen-bond donors (Lipinski definition) is 2. The molecule has 0 saturated carbocycles. The number of aromatic nitrogens is 3. The van der Waals surface area contributed by atoms with Crippen LogP contribution in [0.4, 0.5) is 0 Å². The van der Waals surface area contributed by atoms with Gasteiger partial charge in [0.05, 0.1) is 17.4 Å². The zero-order chi connectivity index (χ0) is 8.55. The van der Waals surface area contributed by atoms with E-state index in [-0.39, 0.29) is 0 Å². The smallest absolute Gasteiger partial charge is 0.250 e. The zero-order valence-corrected chi connectivity index (χ0v) is 6.11. The molecule has 5 heteroatoms. The van der Waals surface area contributed by atoms with Gasteiger partial charge in [0, 0.05) is 6.20 Å². The molecule has 3 N–H and O–H groups in total. The fraction of sp³-hybridized carbons (Fsp3) is 0. The van der Waals surface area contributed by atoms with Crippen LogP contribution in [0.2, 0.25) is 0 Å². The highest BCUT2D eigenvalue weighted by atomic mass is 16.1. The molecule has 0 radical (unpaired) electrons. The van der Waals surface area contributed by atoms with Gasteiger partial charge in [0.1, 0.15) is 0 Å². The lowest BCUT2D eigenvalue weighted by molar-refractivity contribution is 0.1000. The number of imidazole rings is 1. The van der Waals surface area contributed by atoms with Crippen molar-refractivity contribution in [1.29, 1.82) is 0 Å². The molecule has 0 aliphatic rings. The second-order valence-electron chi connectivity index (χ2n) is 2.36. The summed E-state index contributed by atoms with van der Waals surface area (Å²) in [7, 11) is 0. The molecule has 0 spiro atoms. The summed E-state index contributed by atoms with van der Waals surface area (Å²) in [5.41, 5.74) is 6.74. The molecule has 0 bridgehead atoms. The van der Waals surface area contributed by atoms with Crippen molar-refractivity contribution in [3.63, 3.8) is 0 Å². The third kappa shape index (κ3) is 0.914. The number of nitrogens with one attached hydrogen (secondary N) is 1. The molecule has 60 valence electrons. The van der Waals surface area contributed by atoms with Crippen LogP contribution in [0.15, 0.2) is 18.6 Å². The van der Waals surface area contributed by atoms with Crippen LogP contribution < -0.4 is 5.73 Å². The Kier molecular flexibility index (Phi) is 1.30. The number of nitrogens with two attached hydrogens (primary N) is 1. The number of carbonyl (C=O) groups is 1. The first-order valence-corrected chi connectivity index (χ1v) is 3.36. The summed E-state index contributed by atoms with van der Waals surface area (Å²) >= 11 is 0. The topological polar surface area (TPSA) is 84.7 Å². The Morgan fingerprint density at radius 1 is 1.50 bits per heavy atom. The average Bonchev–Trinajstić information content (AvgIpc) is 2.49. The van der Waals surface area contributed by atoms with Gasteiger partial charge >= 0.3 is 0 Å². The number of H-pyrrole nitrogens is 1. The number of rotatable bonds is 1. The highest BCUT2D eigenvalue weighted by Gasteiger charge is 2.03. The van der Waals surface area contributed by atoms with Crippen molar-refractivity contribution in [3.05, 3.63) is 24.2 Å². The summed E-state index contributed by atoms with van der Waals surface area (Å²) in [5, 5.41) is 0. The maximum atomic E-state index is 10.7. The van der Waals surface area contributed by atoms with Crippen molar-refractivity contribution in [3.8, 4) is 0 Å². The fourth-order valence-electron chi connectivity index (χ4n) is 0.964. The minimum Gasteiger partial charge on any atom is -0.366 e. The van der Waals surface area contributed by atoms with Crippen molar-refractivity contribution in [2.75, 3.05) is 0 Å². The number of primary amides is 1. The number of carbonyl (C=O) groups excluding carboxylic acids is 1. The molecule has 2 rings (SSSR count). The third-order valence-corrected chi connectivity index (χ3v) is 1.56. The fourth-order valence-corrected chi connectivity index (χ4v) is 0.964.